The maximum atomic E-state index is 13.7. The van der Waals surface area contributed by atoms with E-state index >= 15 is 0 Å². The topological polar surface area (TPSA) is 121 Å². The SMILES string of the molecule is CCOC(=O)C(COC(=O)Cc1ccc(NC(=O)c2ccccc2-c2ccc(C(F)(F)F)cc2)c(-c2nc(C)cs2)c1)(C(=O)OCC)c1ccccc1. The number of carbonyl (C=O) groups excluding carboxylic acids is 4. The summed E-state index contributed by atoms with van der Waals surface area (Å²) in [6.45, 7) is 4.28. The minimum Gasteiger partial charge on any atom is -0.465 e. The van der Waals surface area contributed by atoms with Crippen LogP contribution in [0.1, 0.15) is 46.6 Å². The highest BCUT2D eigenvalue weighted by molar-refractivity contribution is 7.13. The first kappa shape index (κ1) is 38.4. The van der Waals surface area contributed by atoms with E-state index in [-0.39, 0.29) is 30.8 Å². The van der Waals surface area contributed by atoms with Crippen molar-refractivity contribution in [2.75, 3.05) is 25.1 Å². The van der Waals surface area contributed by atoms with Crippen LogP contribution in [0.2, 0.25) is 0 Å². The molecule has 5 aromatic rings. The molecule has 13 heteroatoms. The normalized spacial score (nSPS) is 11.4. The van der Waals surface area contributed by atoms with Crippen LogP contribution >= 0.6 is 11.3 Å². The number of thiazole rings is 1. The number of ether oxygens (including phenoxy) is 3. The number of nitrogens with one attached hydrogen (secondary N) is 1. The number of halogens is 3. The molecule has 0 aliphatic heterocycles. The average molecular weight is 745 g/mol. The zero-order valence-electron chi connectivity index (χ0n) is 29.0. The van der Waals surface area contributed by atoms with Gasteiger partial charge in [0, 0.05) is 22.2 Å². The number of hydrogen-bond acceptors (Lipinski definition) is 9. The number of aryl methyl sites for hydroxylation is 1. The van der Waals surface area contributed by atoms with Gasteiger partial charge >= 0.3 is 24.1 Å². The Labute approximate surface area is 307 Å². The standard InChI is InChI=1S/C40H35F3N2O7S/c1-4-50-37(48)39(38(49)51-5-2,28-11-7-6-8-12-28)24-52-34(46)22-26-15-20-33(32(21-26)36-44-25(3)23-53-36)45-35(47)31-14-10-9-13-30(31)27-16-18-29(19-17-27)40(41,42)43/h6-21,23H,4-5,22,24H2,1-3H3,(H,45,47). The van der Waals surface area contributed by atoms with Gasteiger partial charge in [-0.3, -0.25) is 19.2 Å². The van der Waals surface area contributed by atoms with Gasteiger partial charge in [0.25, 0.3) is 5.91 Å². The molecule has 0 atom stereocenters. The number of carbonyl (C=O) groups is 4. The molecule has 9 nitrogen and oxygen atoms in total. The van der Waals surface area contributed by atoms with Crippen molar-refractivity contribution >= 4 is 40.8 Å². The summed E-state index contributed by atoms with van der Waals surface area (Å²) in [5, 5.41) is 5.28. The molecule has 1 amide bonds. The fourth-order valence-corrected chi connectivity index (χ4v) is 6.41. The molecule has 0 unspecified atom stereocenters. The number of esters is 3. The van der Waals surface area contributed by atoms with Gasteiger partial charge in [0.1, 0.15) is 11.6 Å². The summed E-state index contributed by atoms with van der Waals surface area (Å²) in [6, 6.07) is 24.1. The van der Waals surface area contributed by atoms with E-state index < -0.39 is 47.6 Å². The highest BCUT2D eigenvalue weighted by atomic mass is 32.1. The molecule has 5 rings (SSSR count). The van der Waals surface area contributed by atoms with Crippen molar-refractivity contribution in [1.82, 2.24) is 4.98 Å². The summed E-state index contributed by atoms with van der Waals surface area (Å²) in [5.74, 6) is -3.10. The van der Waals surface area contributed by atoms with E-state index in [0.717, 1.165) is 17.8 Å². The van der Waals surface area contributed by atoms with E-state index in [1.165, 1.54) is 23.5 Å². The lowest BCUT2D eigenvalue weighted by Crippen LogP contribution is -2.50. The molecule has 0 aliphatic rings. The van der Waals surface area contributed by atoms with E-state index in [9.17, 15) is 32.3 Å². The van der Waals surface area contributed by atoms with Crippen LogP contribution < -0.4 is 5.32 Å². The first-order chi connectivity index (χ1) is 25.4. The lowest BCUT2D eigenvalue weighted by Gasteiger charge is -2.29. The van der Waals surface area contributed by atoms with Gasteiger partial charge < -0.3 is 19.5 Å². The maximum absolute atomic E-state index is 13.7. The van der Waals surface area contributed by atoms with E-state index in [2.05, 4.69) is 10.3 Å². The summed E-state index contributed by atoms with van der Waals surface area (Å²) in [4.78, 5) is 58.3. The second-order valence-corrected chi connectivity index (χ2v) is 12.7. The molecule has 1 N–H and O–H groups in total. The van der Waals surface area contributed by atoms with E-state index in [0.29, 0.717) is 32.9 Å². The van der Waals surface area contributed by atoms with Crippen LogP contribution in [0.15, 0.2) is 102 Å². The Kier molecular flexibility index (Phi) is 12.1. The third-order valence-corrected chi connectivity index (χ3v) is 9.18. The molecule has 53 heavy (non-hydrogen) atoms. The number of benzene rings is 4. The molecule has 1 heterocycles. The van der Waals surface area contributed by atoms with Crippen LogP contribution in [-0.2, 0) is 46.6 Å². The number of anilines is 1. The van der Waals surface area contributed by atoms with Crippen LogP contribution in [-0.4, -0.2) is 48.6 Å². The summed E-state index contributed by atoms with van der Waals surface area (Å²) < 4.78 is 55.7. The Bertz CT molecular complexity index is 2080. The van der Waals surface area contributed by atoms with Crippen LogP contribution in [0.3, 0.4) is 0 Å². The fraction of sp³-hybridized carbons (Fsp3) is 0.225. The fourth-order valence-electron chi connectivity index (χ4n) is 5.58. The van der Waals surface area contributed by atoms with Crippen LogP contribution in [0, 0.1) is 6.92 Å². The van der Waals surface area contributed by atoms with Crippen molar-refractivity contribution in [3.05, 3.63) is 130 Å². The third-order valence-electron chi connectivity index (χ3n) is 8.19. The predicted molar refractivity (Wildman–Crippen MR) is 193 cm³/mol. The molecule has 0 saturated heterocycles. The van der Waals surface area contributed by atoms with Crippen molar-refractivity contribution < 1.29 is 46.6 Å². The largest absolute Gasteiger partial charge is 0.465 e. The van der Waals surface area contributed by atoms with Crippen molar-refractivity contribution in [2.45, 2.75) is 38.8 Å². The van der Waals surface area contributed by atoms with Gasteiger partial charge in [-0.1, -0.05) is 66.7 Å². The van der Waals surface area contributed by atoms with Gasteiger partial charge in [0.2, 0.25) is 5.41 Å². The third kappa shape index (κ3) is 8.80. The molecule has 4 aromatic carbocycles. The quantitative estimate of drug-likeness (QED) is 0.0728. The highest BCUT2D eigenvalue weighted by Gasteiger charge is 2.52. The molecular weight excluding hydrogens is 710 g/mol. The van der Waals surface area contributed by atoms with Crippen molar-refractivity contribution in [3.8, 4) is 21.7 Å². The lowest BCUT2D eigenvalue weighted by molar-refractivity contribution is -0.170. The van der Waals surface area contributed by atoms with Gasteiger partial charge in [-0.2, -0.15) is 13.2 Å². The second-order valence-electron chi connectivity index (χ2n) is 11.8. The van der Waals surface area contributed by atoms with Gasteiger partial charge in [0.15, 0.2) is 0 Å². The van der Waals surface area contributed by atoms with Crippen molar-refractivity contribution in [1.29, 1.82) is 0 Å². The molecule has 1 aromatic heterocycles. The van der Waals surface area contributed by atoms with Gasteiger partial charge in [-0.05, 0) is 73.4 Å². The number of nitrogens with zero attached hydrogens (tertiary/aromatic N) is 1. The zero-order valence-corrected chi connectivity index (χ0v) is 29.8. The van der Waals surface area contributed by atoms with E-state index in [1.807, 2.05) is 12.3 Å². The first-order valence-corrected chi connectivity index (χ1v) is 17.4. The maximum Gasteiger partial charge on any atom is 0.416 e. The minimum absolute atomic E-state index is 0.0245. The first-order valence-electron chi connectivity index (χ1n) is 16.6. The molecule has 0 saturated carbocycles. The summed E-state index contributed by atoms with van der Waals surface area (Å²) in [6.07, 6.45) is -4.76. The van der Waals surface area contributed by atoms with E-state index in [4.69, 9.17) is 14.2 Å². The van der Waals surface area contributed by atoms with Crippen molar-refractivity contribution in [2.24, 2.45) is 0 Å². The summed E-state index contributed by atoms with van der Waals surface area (Å²) in [5.41, 5.74) is 0.562. The van der Waals surface area contributed by atoms with E-state index in [1.54, 1.807) is 86.6 Å². The molecule has 0 bridgehead atoms. The Morgan fingerprint density at radius 3 is 2.00 bits per heavy atom. The average Bonchev–Trinajstić information content (AvgIpc) is 3.58. The number of rotatable bonds is 13. The Hall–Kier alpha value is -5.82. The van der Waals surface area contributed by atoms with Crippen LogP contribution in [0.5, 0.6) is 0 Å². The monoisotopic (exact) mass is 744 g/mol. The smallest absolute Gasteiger partial charge is 0.416 e. The Morgan fingerprint density at radius 2 is 1.40 bits per heavy atom. The second kappa shape index (κ2) is 16.7. The Balaban J connectivity index is 1.41. The number of hydrogen-bond donors (Lipinski definition) is 1. The summed E-state index contributed by atoms with van der Waals surface area (Å²) >= 11 is 1.32. The van der Waals surface area contributed by atoms with Gasteiger partial charge in [-0.15, -0.1) is 11.3 Å². The zero-order chi connectivity index (χ0) is 38.2. The molecule has 274 valence electrons. The highest BCUT2D eigenvalue weighted by Crippen LogP contribution is 2.35. The van der Waals surface area contributed by atoms with Crippen LogP contribution in [0.25, 0.3) is 21.7 Å². The Morgan fingerprint density at radius 1 is 0.755 bits per heavy atom. The minimum atomic E-state index is -4.50. The molecule has 0 fully saturated rings. The molecule has 0 aliphatic carbocycles. The van der Waals surface area contributed by atoms with Gasteiger partial charge in [0.05, 0.1) is 30.9 Å². The number of alkyl halides is 3. The molecular formula is C40H35F3N2O7S. The predicted octanol–water partition coefficient (Wildman–Crippen LogP) is 8.21. The number of aromatic nitrogens is 1. The number of amides is 1. The molecule has 0 spiro atoms. The summed E-state index contributed by atoms with van der Waals surface area (Å²) in [7, 11) is 0. The van der Waals surface area contributed by atoms with Crippen LogP contribution in [0.4, 0.5) is 18.9 Å². The van der Waals surface area contributed by atoms with Crippen molar-refractivity contribution in [3.63, 3.8) is 0 Å². The molecule has 0 radical (unpaired) electrons. The lowest BCUT2D eigenvalue weighted by atomic mass is 9.81. The van der Waals surface area contributed by atoms with Gasteiger partial charge in [-0.25, -0.2) is 4.98 Å².